The van der Waals surface area contributed by atoms with E-state index < -0.39 is 0 Å². The Bertz CT molecular complexity index is 275. The number of nitrogens with zero attached hydrogens (tertiary/aromatic N) is 2. The van der Waals surface area contributed by atoms with Gasteiger partial charge in [0.25, 0.3) is 0 Å². The SMILES string of the molecule is COCC(CNC1CC1)N(C)CC1(N(C)C)CCC1. The van der Waals surface area contributed by atoms with Gasteiger partial charge in [0.1, 0.15) is 0 Å². The predicted octanol–water partition coefficient (Wildman–Crippen LogP) is 1.17. The predicted molar refractivity (Wildman–Crippen MR) is 79.6 cm³/mol. The van der Waals surface area contributed by atoms with Gasteiger partial charge in [0, 0.05) is 37.8 Å². The molecule has 4 nitrogen and oxygen atoms in total. The summed E-state index contributed by atoms with van der Waals surface area (Å²) in [6, 6.07) is 1.27. The Labute approximate surface area is 118 Å². The van der Waals surface area contributed by atoms with Crippen LogP contribution in [-0.2, 0) is 4.74 Å². The molecular formula is C15H31N3O. The summed E-state index contributed by atoms with van der Waals surface area (Å²) in [6.45, 7) is 3.03. The highest BCUT2D eigenvalue weighted by molar-refractivity contribution is 4.99. The summed E-state index contributed by atoms with van der Waals surface area (Å²) in [5.74, 6) is 0. The molecule has 2 saturated carbocycles. The van der Waals surface area contributed by atoms with Crippen molar-refractivity contribution in [2.45, 2.75) is 49.7 Å². The number of ether oxygens (including phenoxy) is 1. The average molecular weight is 269 g/mol. The third-order valence-corrected chi connectivity index (χ3v) is 4.98. The van der Waals surface area contributed by atoms with Gasteiger partial charge in [-0.3, -0.25) is 4.90 Å². The van der Waals surface area contributed by atoms with Crippen molar-refractivity contribution < 1.29 is 4.74 Å². The zero-order chi connectivity index (χ0) is 13.9. The quantitative estimate of drug-likeness (QED) is 0.680. The Morgan fingerprint density at radius 1 is 1.26 bits per heavy atom. The fraction of sp³-hybridized carbons (Fsp3) is 1.00. The second-order valence-electron chi connectivity index (χ2n) is 6.68. The smallest absolute Gasteiger partial charge is 0.0630 e. The summed E-state index contributed by atoms with van der Waals surface area (Å²) in [4.78, 5) is 4.92. The molecule has 2 rings (SSSR count). The van der Waals surface area contributed by atoms with E-state index in [4.69, 9.17) is 4.74 Å². The van der Waals surface area contributed by atoms with Gasteiger partial charge in [-0.1, -0.05) is 0 Å². The molecule has 1 atom stereocenters. The molecule has 112 valence electrons. The van der Waals surface area contributed by atoms with E-state index in [1.807, 2.05) is 7.11 Å². The van der Waals surface area contributed by atoms with Crippen LogP contribution in [0.4, 0.5) is 0 Å². The molecule has 0 bridgehead atoms. The molecule has 0 aromatic carbocycles. The van der Waals surface area contributed by atoms with Gasteiger partial charge in [0.2, 0.25) is 0 Å². The normalized spacial score (nSPS) is 23.7. The van der Waals surface area contributed by atoms with Crippen molar-refractivity contribution in [3.63, 3.8) is 0 Å². The standard InChI is InChI=1S/C15H31N3O/c1-17(2)15(8-5-9-15)12-18(3)14(11-19-4)10-16-13-6-7-13/h13-14,16H,5-12H2,1-4H3. The van der Waals surface area contributed by atoms with Crippen LogP contribution in [-0.4, -0.2) is 75.4 Å². The third-order valence-electron chi connectivity index (χ3n) is 4.98. The van der Waals surface area contributed by atoms with E-state index in [1.165, 1.54) is 32.1 Å². The number of nitrogens with one attached hydrogen (secondary N) is 1. The molecule has 2 aliphatic carbocycles. The van der Waals surface area contributed by atoms with E-state index in [1.54, 1.807) is 0 Å². The highest BCUT2D eigenvalue weighted by atomic mass is 16.5. The van der Waals surface area contributed by atoms with Crippen LogP contribution >= 0.6 is 0 Å². The van der Waals surface area contributed by atoms with Crippen LogP contribution in [0.15, 0.2) is 0 Å². The van der Waals surface area contributed by atoms with Gasteiger partial charge >= 0.3 is 0 Å². The summed E-state index contributed by atoms with van der Waals surface area (Å²) >= 11 is 0. The minimum Gasteiger partial charge on any atom is -0.383 e. The van der Waals surface area contributed by atoms with Gasteiger partial charge < -0.3 is 15.0 Å². The van der Waals surface area contributed by atoms with Gasteiger partial charge in [-0.25, -0.2) is 0 Å². The van der Waals surface area contributed by atoms with Gasteiger partial charge in [0.15, 0.2) is 0 Å². The van der Waals surface area contributed by atoms with Crippen molar-refractivity contribution in [2.24, 2.45) is 0 Å². The van der Waals surface area contributed by atoms with Crippen molar-refractivity contribution in [1.29, 1.82) is 0 Å². The molecule has 1 N–H and O–H groups in total. The molecule has 0 aromatic heterocycles. The van der Waals surface area contributed by atoms with Gasteiger partial charge in [-0.05, 0) is 53.2 Å². The number of hydrogen-bond donors (Lipinski definition) is 1. The van der Waals surface area contributed by atoms with E-state index in [-0.39, 0.29) is 0 Å². The molecule has 1 unspecified atom stereocenters. The third kappa shape index (κ3) is 3.91. The molecule has 0 saturated heterocycles. The van der Waals surface area contributed by atoms with E-state index in [2.05, 4.69) is 36.3 Å². The molecule has 0 aliphatic heterocycles. The monoisotopic (exact) mass is 269 g/mol. The molecule has 0 amide bonds. The van der Waals surface area contributed by atoms with Gasteiger partial charge in [-0.15, -0.1) is 0 Å². The molecule has 0 heterocycles. The number of hydrogen-bond acceptors (Lipinski definition) is 4. The maximum absolute atomic E-state index is 5.41. The Morgan fingerprint density at radius 3 is 2.37 bits per heavy atom. The Kier molecular flexibility index (Phi) is 5.23. The lowest BCUT2D eigenvalue weighted by Gasteiger charge is -2.50. The van der Waals surface area contributed by atoms with Crippen LogP contribution in [0.25, 0.3) is 0 Å². The lowest BCUT2D eigenvalue weighted by atomic mass is 9.75. The summed E-state index contributed by atoms with van der Waals surface area (Å²) in [5, 5.41) is 3.64. The lowest BCUT2D eigenvalue weighted by molar-refractivity contribution is 0.00341. The van der Waals surface area contributed by atoms with E-state index in [0.29, 0.717) is 11.6 Å². The molecule has 2 aliphatic rings. The number of rotatable bonds is 9. The molecule has 0 radical (unpaired) electrons. The van der Waals surface area contributed by atoms with Gasteiger partial charge in [-0.2, -0.15) is 0 Å². The van der Waals surface area contributed by atoms with E-state index in [9.17, 15) is 0 Å². The summed E-state index contributed by atoms with van der Waals surface area (Å²) in [5.41, 5.74) is 0.403. The van der Waals surface area contributed by atoms with Crippen LogP contribution in [0.5, 0.6) is 0 Å². The van der Waals surface area contributed by atoms with Crippen molar-refractivity contribution in [1.82, 2.24) is 15.1 Å². The first-order valence-electron chi connectivity index (χ1n) is 7.67. The van der Waals surface area contributed by atoms with Crippen molar-refractivity contribution in [3.8, 4) is 0 Å². The summed E-state index contributed by atoms with van der Waals surface area (Å²) in [7, 11) is 8.51. The Hall–Kier alpha value is -0.160. The molecule has 4 heteroatoms. The fourth-order valence-corrected chi connectivity index (χ4v) is 3.05. The first-order chi connectivity index (χ1) is 9.07. The molecule has 19 heavy (non-hydrogen) atoms. The minimum absolute atomic E-state index is 0.403. The highest BCUT2D eigenvalue weighted by Gasteiger charge is 2.40. The Morgan fingerprint density at radius 2 is 1.95 bits per heavy atom. The molecule has 0 spiro atoms. The zero-order valence-electron chi connectivity index (χ0n) is 13.1. The van der Waals surface area contributed by atoms with Crippen LogP contribution in [0, 0.1) is 0 Å². The average Bonchev–Trinajstić information content (AvgIpc) is 3.12. The first kappa shape index (κ1) is 15.2. The van der Waals surface area contributed by atoms with Crippen molar-refractivity contribution in [3.05, 3.63) is 0 Å². The maximum atomic E-state index is 5.41. The van der Waals surface area contributed by atoms with Crippen molar-refractivity contribution in [2.75, 3.05) is 47.9 Å². The maximum Gasteiger partial charge on any atom is 0.0630 e. The van der Waals surface area contributed by atoms with Crippen LogP contribution < -0.4 is 5.32 Å². The number of likely N-dealkylation sites (N-methyl/N-ethyl adjacent to an activating group) is 2. The highest BCUT2D eigenvalue weighted by Crippen LogP contribution is 2.36. The first-order valence-corrected chi connectivity index (χ1v) is 7.67. The van der Waals surface area contributed by atoms with E-state index >= 15 is 0 Å². The topological polar surface area (TPSA) is 27.7 Å². The molecule has 2 fully saturated rings. The molecular weight excluding hydrogens is 238 g/mol. The van der Waals surface area contributed by atoms with Crippen LogP contribution in [0.1, 0.15) is 32.1 Å². The molecule has 0 aromatic rings. The Balaban J connectivity index is 1.84. The lowest BCUT2D eigenvalue weighted by Crippen LogP contribution is -2.59. The van der Waals surface area contributed by atoms with Crippen LogP contribution in [0.3, 0.4) is 0 Å². The summed E-state index contributed by atoms with van der Waals surface area (Å²) < 4.78 is 5.41. The second-order valence-corrected chi connectivity index (χ2v) is 6.68. The second kappa shape index (κ2) is 6.53. The van der Waals surface area contributed by atoms with Gasteiger partial charge in [0.05, 0.1) is 6.61 Å². The van der Waals surface area contributed by atoms with Crippen molar-refractivity contribution >= 4 is 0 Å². The van der Waals surface area contributed by atoms with Crippen LogP contribution in [0.2, 0.25) is 0 Å². The number of methoxy groups -OCH3 is 1. The minimum atomic E-state index is 0.403. The fourth-order valence-electron chi connectivity index (χ4n) is 3.05. The summed E-state index contributed by atoms with van der Waals surface area (Å²) in [6.07, 6.45) is 6.75. The zero-order valence-corrected chi connectivity index (χ0v) is 13.1. The largest absolute Gasteiger partial charge is 0.383 e. The van der Waals surface area contributed by atoms with E-state index in [0.717, 1.165) is 25.7 Å².